The first-order chi connectivity index (χ1) is 16.6. The molecule has 35 heavy (non-hydrogen) atoms. The second-order valence-electron chi connectivity index (χ2n) is 10.3. The Hall–Kier alpha value is -2.16. The van der Waals surface area contributed by atoms with E-state index in [1.165, 1.54) is 17.3 Å². The lowest BCUT2D eigenvalue weighted by molar-refractivity contribution is -0.120. The van der Waals surface area contributed by atoms with Crippen molar-refractivity contribution in [2.45, 2.75) is 63.3 Å². The summed E-state index contributed by atoms with van der Waals surface area (Å²) in [7, 11) is 1.73. The lowest BCUT2D eigenvalue weighted by Crippen LogP contribution is -2.39. The number of nitrogens with zero attached hydrogens (tertiary/aromatic N) is 3. The predicted molar refractivity (Wildman–Crippen MR) is 142 cm³/mol. The van der Waals surface area contributed by atoms with Gasteiger partial charge in [-0.3, -0.25) is 19.1 Å². The number of amides is 1. The molecular formula is C27H40N4O3S. The Kier molecular flexibility index (Phi) is 9.55. The molecule has 1 aliphatic rings. The standard InChI is InChI=1S/C27H40N4O3S/c1-19-23(18-21-8-10-22(11-9-21)27(3,4)5)25(33)30(6)26(29-19)35-20(2)24(32)28-12-7-13-31-14-16-34-17-15-31/h8-11,20H,7,12-18H2,1-6H3,(H,28,32). The zero-order chi connectivity index (χ0) is 25.6. The lowest BCUT2D eigenvalue weighted by Gasteiger charge is -2.26. The summed E-state index contributed by atoms with van der Waals surface area (Å²) in [6.45, 7) is 15.4. The van der Waals surface area contributed by atoms with E-state index in [9.17, 15) is 9.59 Å². The predicted octanol–water partition coefficient (Wildman–Crippen LogP) is 3.30. The SMILES string of the molecule is Cc1nc(SC(C)C(=O)NCCCN2CCOCC2)n(C)c(=O)c1Cc1ccc(C(C)(C)C)cc1. The van der Waals surface area contributed by atoms with Crippen molar-refractivity contribution in [2.75, 3.05) is 39.4 Å². The number of aryl methyl sites for hydroxylation is 1. The fourth-order valence-electron chi connectivity index (χ4n) is 4.06. The van der Waals surface area contributed by atoms with Crippen LogP contribution in [-0.2, 0) is 28.4 Å². The highest BCUT2D eigenvalue weighted by Crippen LogP contribution is 2.24. The zero-order valence-electron chi connectivity index (χ0n) is 22.0. The van der Waals surface area contributed by atoms with Gasteiger partial charge in [0.2, 0.25) is 5.91 Å². The Labute approximate surface area is 213 Å². The molecule has 1 amide bonds. The quantitative estimate of drug-likeness (QED) is 0.324. The molecular weight excluding hydrogens is 460 g/mol. The molecule has 1 unspecified atom stereocenters. The highest BCUT2D eigenvalue weighted by Gasteiger charge is 2.20. The number of benzene rings is 1. The average Bonchev–Trinajstić information content (AvgIpc) is 2.83. The van der Waals surface area contributed by atoms with Gasteiger partial charge in [0.05, 0.1) is 18.5 Å². The maximum atomic E-state index is 13.1. The molecule has 1 aromatic heterocycles. The third-order valence-electron chi connectivity index (χ3n) is 6.46. The Balaban J connectivity index is 1.58. The van der Waals surface area contributed by atoms with Crippen LogP contribution in [0, 0.1) is 6.92 Å². The number of thioether (sulfide) groups is 1. The normalized spacial score (nSPS) is 15.7. The highest BCUT2D eigenvalue weighted by atomic mass is 32.2. The fourth-order valence-corrected chi connectivity index (χ4v) is 5.00. The van der Waals surface area contributed by atoms with E-state index < -0.39 is 0 Å². The van der Waals surface area contributed by atoms with E-state index in [-0.39, 0.29) is 22.1 Å². The van der Waals surface area contributed by atoms with Crippen molar-refractivity contribution in [1.29, 1.82) is 0 Å². The Morgan fingerprint density at radius 3 is 2.49 bits per heavy atom. The van der Waals surface area contributed by atoms with Crippen LogP contribution in [0.3, 0.4) is 0 Å². The largest absolute Gasteiger partial charge is 0.379 e. The van der Waals surface area contributed by atoms with Crippen molar-refractivity contribution >= 4 is 17.7 Å². The molecule has 1 saturated heterocycles. The second-order valence-corrected chi connectivity index (χ2v) is 11.6. The van der Waals surface area contributed by atoms with Gasteiger partial charge in [0, 0.05) is 44.4 Å². The van der Waals surface area contributed by atoms with Crippen molar-refractivity contribution in [2.24, 2.45) is 7.05 Å². The molecule has 2 aromatic rings. The maximum absolute atomic E-state index is 13.1. The van der Waals surface area contributed by atoms with Crippen LogP contribution in [0.2, 0.25) is 0 Å². The van der Waals surface area contributed by atoms with Crippen molar-refractivity contribution in [3.05, 3.63) is 57.0 Å². The van der Waals surface area contributed by atoms with E-state index in [2.05, 4.69) is 55.3 Å². The van der Waals surface area contributed by atoms with Crippen molar-refractivity contribution in [3.63, 3.8) is 0 Å². The molecule has 1 aliphatic heterocycles. The number of nitrogens with one attached hydrogen (secondary N) is 1. The second kappa shape index (κ2) is 12.2. The molecule has 0 spiro atoms. The lowest BCUT2D eigenvalue weighted by atomic mass is 9.86. The first kappa shape index (κ1) is 27.4. The number of morpholine rings is 1. The van der Waals surface area contributed by atoms with E-state index in [4.69, 9.17) is 9.72 Å². The van der Waals surface area contributed by atoms with Gasteiger partial charge in [-0.1, -0.05) is 56.8 Å². The molecule has 0 bridgehead atoms. The van der Waals surface area contributed by atoms with Crippen LogP contribution >= 0.6 is 11.8 Å². The van der Waals surface area contributed by atoms with Crippen LogP contribution in [0.25, 0.3) is 0 Å². The molecule has 8 heteroatoms. The van der Waals surface area contributed by atoms with Gasteiger partial charge in [0.25, 0.3) is 5.56 Å². The number of hydrogen-bond donors (Lipinski definition) is 1. The third-order valence-corrected chi connectivity index (χ3v) is 7.60. The molecule has 0 radical (unpaired) electrons. The molecule has 0 aliphatic carbocycles. The summed E-state index contributed by atoms with van der Waals surface area (Å²) in [5.74, 6) is -0.0353. The van der Waals surface area contributed by atoms with Crippen LogP contribution in [0.1, 0.15) is 56.5 Å². The van der Waals surface area contributed by atoms with Gasteiger partial charge in [-0.15, -0.1) is 0 Å². The summed E-state index contributed by atoms with van der Waals surface area (Å²) < 4.78 is 6.93. The first-order valence-electron chi connectivity index (χ1n) is 12.5. The Morgan fingerprint density at radius 2 is 1.86 bits per heavy atom. The third kappa shape index (κ3) is 7.66. The number of rotatable bonds is 9. The smallest absolute Gasteiger partial charge is 0.257 e. The summed E-state index contributed by atoms with van der Waals surface area (Å²) in [5, 5.41) is 3.24. The minimum atomic E-state index is -0.341. The van der Waals surface area contributed by atoms with Gasteiger partial charge in [0.15, 0.2) is 5.16 Å². The highest BCUT2D eigenvalue weighted by molar-refractivity contribution is 8.00. The first-order valence-corrected chi connectivity index (χ1v) is 13.3. The molecule has 3 rings (SSSR count). The average molecular weight is 501 g/mol. The molecule has 1 N–H and O–H groups in total. The molecule has 1 atom stereocenters. The van der Waals surface area contributed by atoms with Gasteiger partial charge in [0.1, 0.15) is 0 Å². The van der Waals surface area contributed by atoms with Crippen LogP contribution in [-0.4, -0.2) is 65.0 Å². The van der Waals surface area contributed by atoms with Crippen molar-refractivity contribution < 1.29 is 9.53 Å². The minimum Gasteiger partial charge on any atom is -0.379 e. The monoisotopic (exact) mass is 500 g/mol. The van der Waals surface area contributed by atoms with Gasteiger partial charge in [-0.2, -0.15) is 0 Å². The minimum absolute atomic E-state index is 0.0353. The van der Waals surface area contributed by atoms with Gasteiger partial charge in [-0.05, 0) is 43.4 Å². The fraction of sp³-hybridized carbons (Fsp3) is 0.593. The topological polar surface area (TPSA) is 76.5 Å². The summed E-state index contributed by atoms with van der Waals surface area (Å²) in [6, 6.07) is 8.45. The van der Waals surface area contributed by atoms with E-state index >= 15 is 0 Å². The van der Waals surface area contributed by atoms with Gasteiger partial charge >= 0.3 is 0 Å². The van der Waals surface area contributed by atoms with Crippen LogP contribution in [0.5, 0.6) is 0 Å². The number of carbonyl (C=O) groups is 1. The van der Waals surface area contributed by atoms with Crippen LogP contribution in [0.15, 0.2) is 34.2 Å². The van der Waals surface area contributed by atoms with E-state index in [1.807, 2.05) is 13.8 Å². The maximum Gasteiger partial charge on any atom is 0.257 e. The van der Waals surface area contributed by atoms with Crippen LogP contribution < -0.4 is 10.9 Å². The summed E-state index contributed by atoms with van der Waals surface area (Å²) >= 11 is 1.33. The molecule has 192 valence electrons. The number of carbonyl (C=O) groups excluding carboxylic acids is 1. The van der Waals surface area contributed by atoms with Gasteiger partial charge < -0.3 is 10.1 Å². The van der Waals surface area contributed by atoms with Crippen LogP contribution in [0.4, 0.5) is 0 Å². The van der Waals surface area contributed by atoms with Crippen molar-refractivity contribution in [3.8, 4) is 0 Å². The summed E-state index contributed by atoms with van der Waals surface area (Å²) in [6.07, 6.45) is 1.45. The molecule has 1 aromatic carbocycles. The number of hydrogen-bond acceptors (Lipinski definition) is 6. The van der Waals surface area contributed by atoms with Gasteiger partial charge in [-0.25, -0.2) is 4.98 Å². The summed E-state index contributed by atoms with van der Waals surface area (Å²) in [4.78, 5) is 32.8. The van der Waals surface area contributed by atoms with E-state index in [0.717, 1.165) is 44.8 Å². The number of aromatic nitrogens is 2. The number of ether oxygens (including phenoxy) is 1. The molecule has 1 fully saturated rings. The molecule has 0 saturated carbocycles. The Morgan fingerprint density at radius 1 is 1.20 bits per heavy atom. The summed E-state index contributed by atoms with van der Waals surface area (Å²) in [5.41, 5.74) is 3.80. The van der Waals surface area contributed by atoms with E-state index in [1.54, 1.807) is 11.6 Å². The van der Waals surface area contributed by atoms with Crippen molar-refractivity contribution in [1.82, 2.24) is 19.8 Å². The zero-order valence-corrected chi connectivity index (χ0v) is 22.8. The molecule has 7 nitrogen and oxygen atoms in total. The van der Waals surface area contributed by atoms with E-state index in [0.29, 0.717) is 29.4 Å². The molecule has 2 heterocycles. The Bertz CT molecular complexity index is 1050.